The number of hydrogen-bond acceptors (Lipinski definition) is 5. The first kappa shape index (κ1) is 18.8. The van der Waals surface area contributed by atoms with Crippen LogP contribution in [0.5, 0.6) is 0 Å². The van der Waals surface area contributed by atoms with Crippen molar-refractivity contribution in [3.8, 4) is 0 Å². The Morgan fingerprint density at radius 2 is 1.81 bits per heavy atom. The standard InChI is InChI=1S/C18H24N2O5S/c1-12-3-2-4-13(9-12)26(23,24)14-10-15(17(19)21)16(11-14)18(22)20-5-7-25-8-6-20/h2-4,9,14-16H,5-8,10-11H2,1H3,(H2,19,21)/t14-,15-,16-/m1/s1. The lowest BCUT2D eigenvalue weighted by molar-refractivity contribution is -0.143. The van der Waals surface area contributed by atoms with Crippen LogP contribution in [0.2, 0.25) is 0 Å². The molecule has 142 valence electrons. The van der Waals surface area contributed by atoms with Gasteiger partial charge in [-0.25, -0.2) is 8.42 Å². The quantitative estimate of drug-likeness (QED) is 0.819. The second-order valence-electron chi connectivity index (χ2n) is 7.01. The minimum Gasteiger partial charge on any atom is -0.378 e. The van der Waals surface area contributed by atoms with Gasteiger partial charge in [-0.2, -0.15) is 0 Å². The van der Waals surface area contributed by atoms with E-state index in [2.05, 4.69) is 0 Å². The highest BCUT2D eigenvalue weighted by Gasteiger charge is 2.48. The molecule has 3 atom stereocenters. The summed E-state index contributed by atoms with van der Waals surface area (Å²) in [6.45, 7) is 3.63. The minimum absolute atomic E-state index is 0.0896. The summed E-state index contributed by atoms with van der Waals surface area (Å²) in [7, 11) is -3.63. The van der Waals surface area contributed by atoms with Crippen LogP contribution in [-0.2, 0) is 24.2 Å². The Balaban J connectivity index is 1.84. The number of carbonyl (C=O) groups is 2. The highest BCUT2D eigenvalue weighted by atomic mass is 32.2. The van der Waals surface area contributed by atoms with E-state index in [0.717, 1.165) is 5.56 Å². The van der Waals surface area contributed by atoms with Crippen molar-refractivity contribution in [3.05, 3.63) is 29.8 Å². The van der Waals surface area contributed by atoms with Crippen molar-refractivity contribution in [2.24, 2.45) is 17.6 Å². The molecule has 0 bridgehead atoms. The van der Waals surface area contributed by atoms with Crippen LogP contribution in [0, 0.1) is 18.8 Å². The van der Waals surface area contributed by atoms with E-state index in [1.807, 2.05) is 13.0 Å². The molecule has 0 radical (unpaired) electrons. The van der Waals surface area contributed by atoms with E-state index in [0.29, 0.717) is 26.3 Å². The molecule has 2 N–H and O–H groups in total. The van der Waals surface area contributed by atoms with E-state index in [4.69, 9.17) is 10.5 Å². The Bertz CT molecular complexity index is 802. The largest absolute Gasteiger partial charge is 0.378 e. The molecule has 1 aliphatic carbocycles. The number of nitrogens with two attached hydrogens (primary N) is 1. The van der Waals surface area contributed by atoms with Crippen molar-refractivity contribution in [2.75, 3.05) is 26.3 Å². The van der Waals surface area contributed by atoms with Gasteiger partial charge in [0.25, 0.3) is 0 Å². The Morgan fingerprint density at radius 3 is 2.42 bits per heavy atom. The first-order valence-corrected chi connectivity index (χ1v) is 10.3. The van der Waals surface area contributed by atoms with Gasteiger partial charge in [0.15, 0.2) is 9.84 Å². The molecule has 1 aromatic rings. The molecular weight excluding hydrogens is 356 g/mol. The molecule has 1 saturated heterocycles. The minimum atomic E-state index is -3.63. The number of aryl methyl sites for hydroxylation is 1. The molecule has 2 fully saturated rings. The SMILES string of the molecule is Cc1cccc(S(=O)(=O)[C@@H]2C[C@@H](C(N)=O)[C@H](C(=O)N3CCOCC3)C2)c1. The maximum atomic E-state index is 13.0. The number of amides is 2. The molecule has 1 aliphatic heterocycles. The first-order valence-electron chi connectivity index (χ1n) is 8.77. The van der Waals surface area contributed by atoms with Gasteiger partial charge in [0.1, 0.15) is 0 Å². The van der Waals surface area contributed by atoms with Gasteiger partial charge < -0.3 is 15.4 Å². The maximum absolute atomic E-state index is 13.0. The fourth-order valence-electron chi connectivity index (χ4n) is 3.83. The fourth-order valence-corrected chi connectivity index (χ4v) is 5.76. The van der Waals surface area contributed by atoms with Crippen LogP contribution in [0.4, 0.5) is 0 Å². The molecule has 0 unspecified atom stereocenters. The van der Waals surface area contributed by atoms with Crippen molar-refractivity contribution in [2.45, 2.75) is 29.9 Å². The number of hydrogen-bond donors (Lipinski definition) is 1. The number of sulfone groups is 1. The van der Waals surface area contributed by atoms with Crippen LogP contribution in [-0.4, -0.2) is 56.7 Å². The van der Waals surface area contributed by atoms with E-state index in [9.17, 15) is 18.0 Å². The second kappa shape index (κ2) is 7.36. The topological polar surface area (TPSA) is 107 Å². The average molecular weight is 380 g/mol. The molecule has 26 heavy (non-hydrogen) atoms. The van der Waals surface area contributed by atoms with Gasteiger partial charge in [-0.05, 0) is 37.5 Å². The third kappa shape index (κ3) is 3.61. The second-order valence-corrected chi connectivity index (χ2v) is 9.24. The molecule has 1 saturated carbocycles. The summed E-state index contributed by atoms with van der Waals surface area (Å²) < 4.78 is 31.3. The van der Waals surface area contributed by atoms with Crippen molar-refractivity contribution in [1.82, 2.24) is 4.90 Å². The number of benzene rings is 1. The molecule has 7 nitrogen and oxygen atoms in total. The zero-order valence-corrected chi connectivity index (χ0v) is 15.6. The van der Waals surface area contributed by atoms with E-state index >= 15 is 0 Å². The Labute approximate surface area is 153 Å². The van der Waals surface area contributed by atoms with Crippen molar-refractivity contribution < 1.29 is 22.7 Å². The Kier molecular flexibility index (Phi) is 5.34. The Hall–Kier alpha value is -1.93. The maximum Gasteiger partial charge on any atom is 0.226 e. The lowest BCUT2D eigenvalue weighted by atomic mass is 9.94. The van der Waals surface area contributed by atoms with Crippen LogP contribution in [0.1, 0.15) is 18.4 Å². The van der Waals surface area contributed by atoms with Gasteiger partial charge in [0, 0.05) is 13.1 Å². The third-order valence-electron chi connectivity index (χ3n) is 5.28. The van der Waals surface area contributed by atoms with Gasteiger partial charge >= 0.3 is 0 Å². The molecular formula is C18H24N2O5S. The summed E-state index contributed by atoms with van der Waals surface area (Å²) in [5.41, 5.74) is 6.34. The fraction of sp³-hybridized carbons (Fsp3) is 0.556. The smallest absolute Gasteiger partial charge is 0.226 e. The van der Waals surface area contributed by atoms with Gasteiger partial charge in [-0.3, -0.25) is 9.59 Å². The van der Waals surface area contributed by atoms with E-state index in [-0.39, 0.29) is 23.6 Å². The molecule has 0 aromatic heterocycles. The number of ether oxygens (including phenoxy) is 1. The van der Waals surface area contributed by atoms with E-state index in [1.54, 1.807) is 23.1 Å². The predicted molar refractivity (Wildman–Crippen MR) is 95.0 cm³/mol. The van der Waals surface area contributed by atoms with Gasteiger partial charge in [0.2, 0.25) is 11.8 Å². The van der Waals surface area contributed by atoms with Gasteiger partial charge in [0.05, 0.1) is 35.2 Å². The molecule has 1 heterocycles. The zero-order valence-electron chi connectivity index (χ0n) is 14.8. The first-order chi connectivity index (χ1) is 12.3. The highest BCUT2D eigenvalue weighted by Crippen LogP contribution is 2.39. The van der Waals surface area contributed by atoms with Crippen molar-refractivity contribution >= 4 is 21.7 Å². The Morgan fingerprint density at radius 1 is 1.15 bits per heavy atom. The lowest BCUT2D eigenvalue weighted by Crippen LogP contribution is -2.46. The number of carbonyl (C=O) groups excluding carboxylic acids is 2. The van der Waals surface area contributed by atoms with Crippen LogP contribution < -0.4 is 5.73 Å². The number of morpholine rings is 1. The summed E-state index contributed by atoms with van der Waals surface area (Å²) in [5.74, 6) is -2.25. The van der Waals surface area contributed by atoms with E-state index in [1.165, 1.54) is 0 Å². The molecule has 1 aromatic carbocycles. The monoisotopic (exact) mass is 380 g/mol. The average Bonchev–Trinajstić information content (AvgIpc) is 3.08. The third-order valence-corrected chi connectivity index (χ3v) is 7.46. The number of primary amides is 1. The molecule has 0 spiro atoms. The molecule has 2 aliphatic rings. The predicted octanol–water partition coefficient (Wildman–Crippen LogP) is 0.508. The lowest BCUT2D eigenvalue weighted by Gasteiger charge is -2.30. The summed E-state index contributed by atoms with van der Waals surface area (Å²) in [5, 5.41) is -0.781. The summed E-state index contributed by atoms with van der Waals surface area (Å²) >= 11 is 0. The zero-order chi connectivity index (χ0) is 18.9. The summed E-state index contributed by atoms with van der Waals surface area (Å²) in [6.07, 6.45) is 0.215. The number of rotatable bonds is 4. The summed E-state index contributed by atoms with van der Waals surface area (Å²) in [4.78, 5) is 26.6. The molecule has 3 rings (SSSR count). The van der Waals surface area contributed by atoms with Gasteiger partial charge in [-0.15, -0.1) is 0 Å². The van der Waals surface area contributed by atoms with Gasteiger partial charge in [-0.1, -0.05) is 12.1 Å². The molecule has 2 amide bonds. The van der Waals surface area contributed by atoms with Crippen molar-refractivity contribution in [3.63, 3.8) is 0 Å². The number of nitrogens with zero attached hydrogens (tertiary/aromatic N) is 1. The van der Waals surface area contributed by atoms with Crippen molar-refractivity contribution in [1.29, 1.82) is 0 Å². The van der Waals surface area contributed by atoms with Crippen LogP contribution in [0.15, 0.2) is 29.2 Å². The molecule has 8 heteroatoms. The van der Waals surface area contributed by atoms with E-state index < -0.39 is 32.8 Å². The summed E-state index contributed by atoms with van der Waals surface area (Å²) in [6, 6.07) is 6.69. The normalized spacial score (nSPS) is 26.7. The highest BCUT2D eigenvalue weighted by molar-refractivity contribution is 7.92. The van der Waals surface area contributed by atoms with Crippen LogP contribution in [0.25, 0.3) is 0 Å². The van der Waals surface area contributed by atoms with Crippen LogP contribution in [0.3, 0.4) is 0 Å². The van der Waals surface area contributed by atoms with Crippen LogP contribution >= 0.6 is 0 Å².